The van der Waals surface area contributed by atoms with Crippen molar-refractivity contribution in [2.45, 2.75) is 20.3 Å². The molecule has 0 aliphatic rings. The molecule has 0 unspecified atom stereocenters. The first-order valence-electron chi connectivity index (χ1n) is 4.74. The van der Waals surface area contributed by atoms with Crippen LogP contribution in [0.3, 0.4) is 0 Å². The summed E-state index contributed by atoms with van der Waals surface area (Å²) in [4.78, 5) is 5.90. The van der Waals surface area contributed by atoms with E-state index < -0.39 is 0 Å². The summed E-state index contributed by atoms with van der Waals surface area (Å²) in [6, 6.07) is 4.20. The Bertz CT molecular complexity index is 387. The number of nitrogens with zero attached hydrogens (tertiary/aromatic N) is 1. The van der Waals surface area contributed by atoms with Crippen molar-refractivity contribution in [2.24, 2.45) is 5.92 Å². The lowest BCUT2D eigenvalue weighted by atomic mass is 10.1. The van der Waals surface area contributed by atoms with Crippen LogP contribution in [0.2, 0.25) is 0 Å². The van der Waals surface area contributed by atoms with E-state index in [9.17, 15) is 0 Å². The second-order valence-corrected chi connectivity index (χ2v) is 5.53. The number of thiophene rings is 1. The van der Waals surface area contributed by atoms with E-state index in [1.54, 1.807) is 22.7 Å². The Morgan fingerprint density at radius 1 is 1.36 bits per heavy atom. The molecule has 2 aromatic heterocycles. The molecule has 0 amide bonds. The maximum Gasteiger partial charge on any atom is 0.133 e. The first-order valence-corrected chi connectivity index (χ1v) is 6.50. The summed E-state index contributed by atoms with van der Waals surface area (Å²) in [5.74, 6) is 0.688. The molecule has 14 heavy (non-hydrogen) atoms. The molecule has 74 valence electrons. The van der Waals surface area contributed by atoms with Crippen molar-refractivity contribution in [3.63, 3.8) is 0 Å². The SMILES string of the molecule is CC(C)Cc1csc(-c2cccs2)n1. The van der Waals surface area contributed by atoms with Crippen LogP contribution in [0.4, 0.5) is 0 Å². The number of hydrogen-bond acceptors (Lipinski definition) is 3. The molecule has 0 aliphatic heterocycles. The summed E-state index contributed by atoms with van der Waals surface area (Å²) in [6.45, 7) is 4.45. The standard InChI is InChI=1S/C11H13NS2/c1-8(2)6-9-7-14-11(12-9)10-4-3-5-13-10/h3-5,7-8H,6H2,1-2H3. The van der Waals surface area contributed by atoms with Gasteiger partial charge in [0.05, 0.1) is 10.6 Å². The minimum atomic E-state index is 0.688. The number of thiazole rings is 1. The smallest absolute Gasteiger partial charge is 0.133 e. The Morgan fingerprint density at radius 2 is 2.21 bits per heavy atom. The zero-order valence-corrected chi connectivity index (χ0v) is 9.99. The molecule has 0 spiro atoms. The van der Waals surface area contributed by atoms with E-state index in [2.05, 4.69) is 41.7 Å². The molecule has 0 saturated heterocycles. The zero-order valence-electron chi connectivity index (χ0n) is 8.36. The Kier molecular flexibility index (Phi) is 2.99. The monoisotopic (exact) mass is 223 g/mol. The predicted molar refractivity (Wildman–Crippen MR) is 64.0 cm³/mol. The average Bonchev–Trinajstić information content (AvgIpc) is 2.69. The van der Waals surface area contributed by atoms with Crippen LogP contribution >= 0.6 is 22.7 Å². The number of rotatable bonds is 3. The highest BCUT2D eigenvalue weighted by molar-refractivity contribution is 7.20. The van der Waals surface area contributed by atoms with Crippen LogP contribution in [-0.2, 0) is 6.42 Å². The molecule has 2 rings (SSSR count). The van der Waals surface area contributed by atoms with Crippen LogP contribution in [-0.4, -0.2) is 4.98 Å². The van der Waals surface area contributed by atoms with Gasteiger partial charge in [-0.05, 0) is 23.8 Å². The van der Waals surface area contributed by atoms with Crippen LogP contribution in [0.25, 0.3) is 9.88 Å². The fraction of sp³-hybridized carbons (Fsp3) is 0.364. The third kappa shape index (κ3) is 2.22. The van der Waals surface area contributed by atoms with Crippen LogP contribution < -0.4 is 0 Å². The minimum absolute atomic E-state index is 0.688. The molecule has 0 aromatic carbocycles. The normalized spacial score (nSPS) is 11.1. The average molecular weight is 223 g/mol. The van der Waals surface area contributed by atoms with Crippen molar-refractivity contribution in [3.8, 4) is 9.88 Å². The second kappa shape index (κ2) is 4.24. The van der Waals surface area contributed by atoms with Gasteiger partial charge in [0, 0.05) is 5.38 Å². The van der Waals surface area contributed by atoms with Crippen molar-refractivity contribution in [2.75, 3.05) is 0 Å². The maximum absolute atomic E-state index is 4.62. The van der Waals surface area contributed by atoms with Gasteiger partial charge >= 0.3 is 0 Å². The van der Waals surface area contributed by atoms with Crippen LogP contribution in [0, 0.1) is 5.92 Å². The van der Waals surface area contributed by atoms with Gasteiger partial charge in [0.15, 0.2) is 0 Å². The Hall–Kier alpha value is -0.670. The molecule has 0 radical (unpaired) electrons. The van der Waals surface area contributed by atoms with E-state index in [0.717, 1.165) is 11.4 Å². The Morgan fingerprint density at radius 3 is 2.86 bits per heavy atom. The molecule has 2 aromatic rings. The van der Waals surface area contributed by atoms with Gasteiger partial charge < -0.3 is 0 Å². The van der Waals surface area contributed by atoms with Gasteiger partial charge in [-0.25, -0.2) is 4.98 Å². The topological polar surface area (TPSA) is 12.9 Å². The predicted octanol–water partition coefficient (Wildman–Crippen LogP) is 4.07. The van der Waals surface area contributed by atoms with Gasteiger partial charge in [0.25, 0.3) is 0 Å². The van der Waals surface area contributed by atoms with Gasteiger partial charge in [-0.15, -0.1) is 22.7 Å². The van der Waals surface area contributed by atoms with E-state index in [1.165, 1.54) is 10.6 Å². The van der Waals surface area contributed by atoms with Crippen molar-refractivity contribution >= 4 is 22.7 Å². The molecule has 0 saturated carbocycles. The molecule has 3 heteroatoms. The largest absolute Gasteiger partial charge is 0.240 e. The first-order chi connectivity index (χ1) is 6.75. The molecule has 1 nitrogen and oxygen atoms in total. The fourth-order valence-electron chi connectivity index (χ4n) is 1.33. The van der Waals surface area contributed by atoms with Crippen molar-refractivity contribution < 1.29 is 0 Å². The lowest BCUT2D eigenvalue weighted by Crippen LogP contribution is -1.93. The molecular weight excluding hydrogens is 210 g/mol. The van der Waals surface area contributed by atoms with E-state index in [0.29, 0.717) is 5.92 Å². The summed E-state index contributed by atoms with van der Waals surface area (Å²) < 4.78 is 0. The summed E-state index contributed by atoms with van der Waals surface area (Å²) in [5.41, 5.74) is 1.23. The van der Waals surface area contributed by atoms with Gasteiger partial charge in [0.1, 0.15) is 5.01 Å². The van der Waals surface area contributed by atoms with Gasteiger partial charge in [-0.1, -0.05) is 19.9 Å². The lowest BCUT2D eigenvalue weighted by molar-refractivity contribution is 0.638. The van der Waals surface area contributed by atoms with Gasteiger partial charge in [0.2, 0.25) is 0 Å². The lowest BCUT2D eigenvalue weighted by Gasteiger charge is -1.98. The minimum Gasteiger partial charge on any atom is -0.240 e. The molecule has 0 fully saturated rings. The van der Waals surface area contributed by atoms with E-state index >= 15 is 0 Å². The van der Waals surface area contributed by atoms with Crippen molar-refractivity contribution in [1.82, 2.24) is 4.98 Å². The quantitative estimate of drug-likeness (QED) is 0.764. The molecule has 2 heterocycles. The number of aromatic nitrogens is 1. The molecular formula is C11H13NS2. The first kappa shape index (κ1) is 9.87. The zero-order chi connectivity index (χ0) is 9.97. The highest BCUT2D eigenvalue weighted by Crippen LogP contribution is 2.28. The summed E-state index contributed by atoms with van der Waals surface area (Å²) >= 11 is 3.50. The van der Waals surface area contributed by atoms with Crippen LogP contribution in [0.5, 0.6) is 0 Å². The second-order valence-electron chi connectivity index (χ2n) is 3.72. The summed E-state index contributed by atoms with van der Waals surface area (Å²) in [6.07, 6.45) is 1.09. The van der Waals surface area contributed by atoms with Crippen molar-refractivity contribution in [1.29, 1.82) is 0 Å². The van der Waals surface area contributed by atoms with Gasteiger partial charge in [-0.2, -0.15) is 0 Å². The third-order valence-corrected chi connectivity index (χ3v) is 3.83. The summed E-state index contributed by atoms with van der Waals surface area (Å²) in [7, 11) is 0. The van der Waals surface area contributed by atoms with Crippen LogP contribution in [0.1, 0.15) is 19.5 Å². The molecule has 0 N–H and O–H groups in total. The maximum atomic E-state index is 4.62. The Balaban J connectivity index is 2.18. The highest BCUT2D eigenvalue weighted by atomic mass is 32.1. The third-order valence-electron chi connectivity index (χ3n) is 1.90. The summed E-state index contributed by atoms with van der Waals surface area (Å²) in [5, 5.41) is 5.43. The molecule has 0 aliphatic carbocycles. The van der Waals surface area contributed by atoms with Crippen molar-refractivity contribution in [3.05, 3.63) is 28.6 Å². The van der Waals surface area contributed by atoms with Crippen LogP contribution in [0.15, 0.2) is 22.9 Å². The fourth-order valence-corrected chi connectivity index (χ4v) is 2.98. The van der Waals surface area contributed by atoms with E-state index in [4.69, 9.17) is 0 Å². The highest BCUT2D eigenvalue weighted by Gasteiger charge is 2.06. The molecule has 0 atom stereocenters. The number of hydrogen-bond donors (Lipinski definition) is 0. The van der Waals surface area contributed by atoms with Gasteiger partial charge in [-0.3, -0.25) is 0 Å². The van der Waals surface area contributed by atoms with E-state index in [-0.39, 0.29) is 0 Å². The Labute approximate surface area is 92.4 Å². The molecule has 0 bridgehead atoms. The van der Waals surface area contributed by atoms with E-state index in [1.807, 2.05) is 0 Å².